The Labute approximate surface area is 392 Å². The molecule has 0 fully saturated rings. The summed E-state index contributed by atoms with van der Waals surface area (Å²) in [6.45, 7) is 42.6. The van der Waals surface area contributed by atoms with Crippen LogP contribution in [-0.4, -0.2) is 53.0 Å². The van der Waals surface area contributed by atoms with E-state index in [0.29, 0.717) is 16.7 Å². The summed E-state index contributed by atoms with van der Waals surface area (Å²) in [5.74, 6) is -3.11. The molecule has 0 saturated carbocycles. The highest BCUT2D eigenvalue weighted by Gasteiger charge is 2.37. The number of hydrogen-bond acceptors (Lipinski definition) is 9. The number of phenols is 3. The highest BCUT2D eigenvalue weighted by Crippen LogP contribution is 2.44. The SMILES string of the molecule is CC(C(=O)OCC(C)(COC(=O)C(C)c1cc(C(C)(C)C)c(O)c(C(C)(C)C)c1)COC(=O)C(C)c1cc(C(C)(C)C)c(O)c(C(C)(C)C)c1)c1cc(C(C)(C)C)c(O)c(C(C)(C)C)c1. The molecule has 0 amide bonds. The normalized spacial score (nSPS) is 15.4. The molecule has 0 spiro atoms. The van der Waals surface area contributed by atoms with Gasteiger partial charge >= 0.3 is 17.9 Å². The molecule has 65 heavy (non-hydrogen) atoms. The number of hydrogen-bond donors (Lipinski definition) is 3. The van der Waals surface area contributed by atoms with Crippen molar-refractivity contribution in [3.8, 4) is 17.2 Å². The van der Waals surface area contributed by atoms with Gasteiger partial charge < -0.3 is 29.5 Å². The van der Waals surface area contributed by atoms with Gasteiger partial charge in [-0.15, -0.1) is 0 Å². The van der Waals surface area contributed by atoms with Gasteiger partial charge in [0.1, 0.15) is 37.1 Å². The molecule has 0 aliphatic heterocycles. The number of aromatic hydroxyl groups is 3. The molecule has 3 unspecified atom stereocenters. The summed E-state index contributed by atoms with van der Waals surface area (Å²) >= 11 is 0. The van der Waals surface area contributed by atoms with Crippen LogP contribution in [0.4, 0.5) is 0 Å². The van der Waals surface area contributed by atoms with Gasteiger partial charge in [0.2, 0.25) is 0 Å². The number of carbonyl (C=O) groups is 3. The Kier molecular flexibility index (Phi) is 16.0. The van der Waals surface area contributed by atoms with E-state index >= 15 is 0 Å². The largest absolute Gasteiger partial charge is 0.507 e. The molecular weight excluding hydrogens is 817 g/mol. The van der Waals surface area contributed by atoms with E-state index in [2.05, 4.69) is 0 Å². The van der Waals surface area contributed by atoms with Crippen LogP contribution in [0.1, 0.15) is 220 Å². The number of rotatable bonds is 12. The summed E-state index contributed by atoms with van der Waals surface area (Å²) in [6, 6.07) is 11.2. The highest BCUT2D eigenvalue weighted by molar-refractivity contribution is 5.80. The predicted molar refractivity (Wildman–Crippen MR) is 263 cm³/mol. The van der Waals surface area contributed by atoms with Gasteiger partial charge in [-0.1, -0.05) is 161 Å². The van der Waals surface area contributed by atoms with E-state index in [0.717, 1.165) is 33.4 Å². The zero-order chi connectivity index (χ0) is 50.4. The van der Waals surface area contributed by atoms with Crippen LogP contribution < -0.4 is 0 Å². The summed E-state index contributed by atoms with van der Waals surface area (Å²) in [6.07, 6.45) is 0. The summed E-state index contributed by atoms with van der Waals surface area (Å²) in [5, 5.41) is 34.0. The Hall–Kier alpha value is -4.53. The maximum absolute atomic E-state index is 14.0. The van der Waals surface area contributed by atoms with Gasteiger partial charge in [-0.3, -0.25) is 14.4 Å². The smallest absolute Gasteiger partial charge is 0.313 e. The fourth-order valence-electron chi connectivity index (χ4n) is 7.80. The second kappa shape index (κ2) is 19.0. The van der Waals surface area contributed by atoms with E-state index in [-0.39, 0.29) is 37.1 Å². The van der Waals surface area contributed by atoms with Gasteiger partial charge in [-0.2, -0.15) is 0 Å². The van der Waals surface area contributed by atoms with E-state index in [9.17, 15) is 29.7 Å². The minimum absolute atomic E-state index is 0.210. The lowest BCUT2D eigenvalue weighted by Gasteiger charge is -2.31. The fourth-order valence-corrected chi connectivity index (χ4v) is 7.80. The highest BCUT2D eigenvalue weighted by atomic mass is 16.6. The van der Waals surface area contributed by atoms with Crippen molar-refractivity contribution >= 4 is 17.9 Å². The quantitative estimate of drug-likeness (QED) is 0.120. The van der Waals surface area contributed by atoms with Crippen LogP contribution in [0.2, 0.25) is 0 Å². The number of carbonyl (C=O) groups excluding carboxylic acids is 3. The first-order valence-electron chi connectivity index (χ1n) is 23.3. The van der Waals surface area contributed by atoms with Crippen molar-refractivity contribution in [2.45, 2.75) is 203 Å². The second-order valence-corrected chi connectivity index (χ2v) is 25.2. The van der Waals surface area contributed by atoms with E-state index in [1.807, 2.05) is 161 Å². The average molecular weight is 901 g/mol. The molecule has 3 N–H and O–H groups in total. The van der Waals surface area contributed by atoms with Crippen LogP contribution in [0.25, 0.3) is 0 Å². The molecule has 0 aliphatic carbocycles. The maximum Gasteiger partial charge on any atom is 0.313 e. The Morgan fingerprint density at radius 1 is 0.369 bits per heavy atom. The van der Waals surface area contributed by atoms with E-state index in [1.54, 1.807) is 27.7 Å². The number of benzene rings is 3. The Bertz CT molecular complexity index is 1870. The van der Waals surface area contributed by atoms with Gasteiger partial charge in [0.05, 0.1) is 23.2 Å². The van der Waals surface area contributed by atoms with Crippen molar-refractivity contribution in [1.29, 1.82) is 0 Å². The summed E-state index contributed by atoms with van der Waals surface area (Å²) in [4.78, 5) is 42.1. The molecule has 9 nitrogen and oxygen atoms in total. The molecule has 3 aromatic carbocycles. The van der Waals surface area contributed by atoms with Gasteiger partial charge in [-0.25, -0.2) is 0 Å². The van der Waals surface area contributed by atoms with Crippen molar-refractivity contribution in [2.75, 3.05) is 19.8 Å². The Balaban J connectivity index is 2.03. The molecule has 3 rings (SSSR count). The molecule has 0 heterocycles. The number of ether oxygens (including phenoxy) is 3. The van der Waals surface area contributed by atoms with Gasteiger partial charge in [-0.05, 0) is 110 Å². The molecule has 0 radical (unpaired) electrons. The second-order valence-electron chi connectivity index (χ2n) is 25.2. The van der Waals surface area contributed by atoms with Crippen LogP contribution in [0.5, 0.6) is 17.2 Å². The lowest BCUT2D eigenvalue weighted by molar-refractivity contribution is -0.162. The molecule has 3 aromatic rings. The van der Waals surface area contributed by atoms with Crippen LogP contribution >= 0.6 is 0 Å². The van der Waals surface area contributed by atoms with Gasteiger partial charge in [0.15, 0.2) is 0 Å². The standard InChI is InChI=1S/C56H84O9/c1-32(35-23-38(50(4,5)6)44(57)39(24-35)51(7,8)9)47(60)63-29-56(22,30-64-48(61)33(2)36-25-40(52(10,11)12)45(58)41(26-36)53(13,14)15)31-65-49(62)34(3)37-27-42(54(16,17)18)46(59)43(28-37)55(19,20)21/h23-28,32-34,57-59H,29-31H2,1-22H3. The third-order valence-electron chi connectivity index (χ3n) is 12.5. The first kappa shape index (κ1) is 54.8. The Morgan fingerprint density at radius 3 is 0.662 bits per heavy atom. The molecule has 0 aliphatic rings. The van der Waals surface area contributed by atoms with Crippen LogP contribution in [-0.2, 0) is 61.1 Å². The molecular formula is C56H84O9. The lowest BCUT2D eigenvalue weighted by atomic mass is 9.77. The number of esters is 3. The topological polar surface area (TPSA) is 140 Å². The van der Waals surface area contributed by atoms with Crippen molar-refractivity contribution in [1.82, 2.24) is 0 Å². The van der Waals surface area contributed by atoms with Crippen molar-refractivity contribution in [3.63, 3.8) is 0 Å². The van der Waals surface area contributed by atoms with E-state index < -0.39 is 73.6 Å². The average Bonchev–Trinajstić information content (AvgIpc) is 3.14. The molecule has 9 heteroatoms. The van der Waals surface area contributed by atoms with E-state index in [4.69, 9.17) is 14.2 Å². The molecule has 0 aromatic heterocycles. The zero-order valence-electron chi connectivity index (χ0n) is 44.1. The van der Waals surface area contributed by atoms with Crippen molar-refractivity contribution in [3.05, 3.63) is 86.5 Å². The van der Waals surface area contributed by atoms with Crippen molar-refractivity contribution < 1.29 is 43.9 Å². The minimum atomic E-state index is -1.17. The maximum atomic E-state index is 14.0. The first-order valence-corrected chi connectivity index (χ1v) is 23.3. The van der Waals surface area contributed by atoms with Gasteiger partial charge in [0, 0.05) is 0 Å². The Morgan fingerprint density at radius 2 is 0.523 bits per heavy atom. The molecule has 3 atom stereocenters. The van der Waals surface area contributed by atoms with Crippen molar-refractivity contribution in [2.24, 2.45) is 5.41 Å². The predicted octanol–water partition coefficient (Wildman–Crippen LogP) is 12.9. The molecule has 0 saturated heterocycles. The third-order valence-corrected chi connectivity index (χ3v) is 12.5. The number of phenolic OH excluding ortho intramolecular Hbond substituents is 3. The zero-order valence-corrected chi connectivity index (χ0v) is 44.1. The lowest BCUT2D eigenvalue weighted by Crippen LogP contribution is -2.38. The minimum Gasteiger partial charge on any atom is -0.507 e. The van der Waals surface area contributed by atoms with Crippen LogP contribution in [0.3, 0.4) is 0 Å². The summed E-state index contributed by atoms with van der Waals surface area (Å²) in [7, 11) is 0. The third kappa shape index (κ3) is 13.3. The monoisotopic (exact) mass is 901 g/mol. The van der Waals surface area contributed by atoms with Gasteiger partial charge in [0.25, 0.3) is 0 Å². The van der Waals surface area contributed by atoms with Crippen LogP contribution in [0, 0.1) is 5.41 Å². The fraction of sp³-hybridized carbons (Fsp3) is 0.625. The summed E-state index contributed by atoms with van der Waals surface area (Å²) in [5.41, 5.74) is 2.82. The molecule has 0 bridgehead atoms. The summed E-state index contributed by atoms with van der Waals surface area (Å²) < 4.78 is 18.2. The molecule has 362 valence electrons. The van der Waals surface area contributed by atoms with Crippen LogP contribution in [0.15, 0.2) is 36.4 Å². The first-order chi connectivity index (χ1) is 29.1. The van der Waals surface area contributed by atoms with E-state index in [1.165, 1.54) is 0 Å².